The summed E-state index contributed by atoms with van der Waals surface area (Å²) in [4.78, 5) is 7.20. The van der Waals surface area contributed by atoms with Crippen LogP contribution in [-0.4, -0.2) is 33.9 Å². The summed E-state index contributed by atoms with van der Waals surface area (Å²) in [5, 5.41) is 11.1. The fourth-order valence-corrected chi connectivity index (χ4v) is 0.805. The standard InChI is InChI=1S/C7H7ClF3N3O/c8-4-1-12-6(13-2-4)14-3-5(15)7(9,10)11/h1-2,5,15H,3H2,(H,12,13,14). The Hall–Kier alpha value is -1.08. The summed E-state index contributed by atoms with van der Waals surface area (Å²) in [6.45, 7) is -0.703. The van der Waals surface area contributed by atoms with Crippen LogP contribution in [0, 0.1) is 0 Å². The minimum absolute atomic E-state index is 0.0253. The van der Waals surface area contributed by atoms with Gasteiger partial charge in [0.1, 0.15) is 0 Å². The molecule has 0 aliphatic carbocycles. The molecule has 1 heterocycles. The number of anilines is 1. The van der Waals surface area contributed by atoms with Gasteiger partial charge in [-0.15, -0.1) is 0 Å². The first kappa shape index (κ1) is 12.0. The topological polar surface area (TPSA) is 58.0 Å². The maximum Gasteiger partial charge on any atom is 0.416 e. The molecule has 2 N–H and O–H groups in total. The Balaban J connectivity index is 2.47. The summed E-state index contributed by atoms with van der Waals surface area (Å²) >= 11 is 5.46. The highest BCUT2D eigenvalue weighted by Gasteiger charge is 2.37. The van der Waals surface area contributed by atoms with E-state index in [0.717, 1.165) is 0 Å². The van der Waals surface area contributed by atoms with Crippen LogP contribution < -0.4 is 5.32 Å². The van der Waals surface area contributed by atoms with E-state index < -0.39 is 18.8 Å². The van der Waals surface area contributed by atoms with Gasteiger partial charge in [0.15, 0.2) is 6.10 Å². The van der Waals surface area contributed by atoms with Crippen molar-refractivity contribution in [2.45, 2.75) is 12.3 Å². The quantitative estimate of drug-likeness (QED) is 0.841. The van der Waals surface area contributed by atoms with Crippen LogP contribution >= 0.6 is 11.6 Å². The largest absolute Gasteiger partial charge is 0.416 e. The summed E-state index contributed by atoms with van der Waals surface area (Å²) in [6.07, 6.45) is -4.63. The molecule has 0 aromatic carbocycles. The first-order chi connectivity index (χ1) is 6.89. The first-order valence-electron chi connectivity index (χ1n) is 3.86. The average Bonchev–Trinajstić information content (AvgIpc) is 2.15. The van der Waals surface area contributed by atoms with Crippen molar-refractivity contribution >= 4 is 17.5 Å². The van der Waals surface area contributed by atoms with Gasteiger partial charge in [-0.25, -0.2) is 9.97 Å². The fraction of sp³-hybridized carbons (Fsp3) is 0.429. The van der Waals surface area contributed by atoms with E-state index in [-0.39, 0.29) is 11.0 Å². The Morgan fingerprint density at radius 2 is 1.93 bits per heavy atom. The highest BCUT2D eigenvalue weighted by molar-refractivity contribution is 6.30. The number of halogens is 4. The van der Waals surface area contributed by atoms with Crippen molar-refractivity contribution in [3.63, 3.8) is 0 Å². The molecular formula is C7H7ClF3N3O. The molecule has 15 heavy (non-hydrogen) atoms. The molecule has 1 aromatic rings. The number of alkyl halides is 3. The van der Waals surface area contributed by atoms with E-state index in [1.165, 1.54) is 12.4 Å². The van der Waals surface area contributed by atoms with Crippen molar-refractivity contribution in [1.82, 2.24) is 9.97 Å². The van der Waals surface area contributed by atoms with Crippen LogP contribution in [0.25, 0.3) is 0 Å². The van der Waals surface area contributed by atoms with Gasteiger partial charge in [0.25, 0.3) is 0 Å². The number of hydrogen-bond acceptors (Lipinski definition) is 4. The van der Waals surface area contributed by atoms with E-state index in [2.05, 4.69) is 15.3 Å². The number of nitrogens with one attached hydrogen (secondary N) is 1. The lowest BCUT2D eigenvalue weighted by molar-refractivity contribution is -0.198. The molecule has 0 spiro atoms. The normalized spacial score (nSPS) is 13.7. The van der Waals surface area contributed by atoms with E-state index in [0.29, 0.717) is 0 Å². The molecule has 0 bridgehead atoms. The van der Waals surface area contributed by atoms with Gasteiger partial charge in [0, 0.05) is 0 Å². The number of hydrogen-bond donors (Lipinski definition) is 2. The molecular weight excluding hydrogens is 235 g/mol. The molecule has 1 unspecified atom stereocenters. The van der Waals surface area contributed by atoms with E-state index in [4.69, 9.17) is 16.7 Å². The van der Waals surface area contributed by atoms with Crippen LogP contribution in [0.1, 0.15) is 0 Å². The summed E-state index contributed by atoms with van der Waals surface area (Å²) in [7, 11) is 0. The molecule has 0 saturated carbocycles. The molecule has 0 saturated heterocycles. The molecule has 0 aliphatic heterocycles. The van der Waals surface area contributed by atoms with Crippen LogP contribution in [0.3, 0.4) is 0 Å². The van der Waals surface area contributed by atoms with E-state index in [1.807, 2.05) is 0 Å². The molecule has 0 amide bonds. The van der Waals surface area contributed by atoms with Gasteiger partial charge in [-0.1, -0.05) is 11.6 Å². The Kier molecular flexibility index (Phi) is 3.70. The number of rotatable bonds is 3. The molecule has 1 atom stereocenters. The minimum atomic E-state index is -4.65. The smallest absolute Gasteiger partial charge is 0.382 e. The van der Waals surface area contributed by atoms with Crippen molar-refractivity contribution in [1.29, 1.82) is 0 Å². The zero-order valence-corrected chi connectivity index (χ0v) is 8.05. The summed E-state index contributed by atoms with van der Waals surface area (Å²) in [6, 6.07) is 0. The third kappa shape index (κ3) is 3.88. The molecule has 4 nitrogen and oxygen atoms in total. The number of aromatic nitrogens is 2. The van der Waals surface area contributed by atoms with Gasteiger partial charge in [-0.2, -0.15) is 13.2 Å². The van der Waals surface area contributed by atoms with Crippen LogP contribution in [-0.2, 0) is 0 Å². The van der Waals surface area contributed by atoms with Gasteiger partial charge in [-0.05, 0) is 0 Å². The predicted molar refractivity (Wildman–Crippen MR) is 47.6 cm³/mol. The zero-order chi connectivity index (χ0) is 11.5. The maximum atomic E-state index is 11.9. The second-order valence-electron chi connectivity index (χ2n) is 2.66. The lowest BCUT2D eigenvalue weighted by Crippen LogP contribution is -2.35. The highest BCUT2D eigenvalue weighted by atomic mass is 35.5. The predicted octanol–water partition coefficient (Wildman–Crippen LogP) is 1.47. The molecule has 1 aromatic heterocycles. The van der Waals surface area contributed by atoms with Gasteiger partial charge in [-0.3, -0.25) is 0 Å². The fourth-order valence-electron chi connectivity index (χ4n) is 0.707. The van der Waals surface area contributed by atoms with Crippen molar-refractivity contribution in [2.75, 3.05) is 11.9 Å². The number of nitrogens with zero attached hydrogens (tertiary/aromatic N) is 2. The minimum Gasteiger partial charge on any atom is -0.382 e. The molecule has 0 aliphatic rings. The Bertz CT molecular complexity index is 316. The Morgan fingerprint density at radius 1 is 1.40 bits per heavy atom. The number of aliphatic hydroxyl groups excluding tert-OH is 1. The van der Waals surface area contributed by atoms with E-state index in [9.17, 15) is 13.2 Å². The molecule has 84 valence electrons. The molecule has 0 fully saturated rings. The number of aliphatic hydroxyl groups is 1. The lowest BCUT2D eigenvalue weighted by Gasteiger charge is -2.14. The van der Waals surface area contributed by atoms with Crippen molar-refractivity contribution < 1.29 is 18.3 Å². The first-order valence-corrected chi connectivity index (χ1v) is 4.23. The molecule has 8 heteroatoms. The summed E-state index contributed by atoms with van der Waals surface area (Å²) < 4.78 is 35.6. The Morgan fingerprint density at radius 3 is 2.40 bits per heavy atom. The van der Waals surface area contributed by atoms with Crippen molar-refractivity contribution in [2.24, 2.45) is 0 Å². The van der Waals surface area contributed by atoms with Crippen LogP contribution in [0.2, 0.25) is 5.02 Å². The van der Waals surface area contributed by atoms with Crippen molar-refractivity contribution in [3.05, 3.63) is 17.4 Å². The summed E-state index contributed by atoms with van der Waals surface area (Å²) in [5.74, 6) is -0.0253. The monoisotopic (exact) mass is 241 g/mol. The third-order valence-corrected chi connectivity index (χ3v) is 1.65. The summed E-state index contributed by atoms with van der Waals surface area (Å²) in [5.41, 5.74) is 0. The van der Waals surface area contributed by atoms with Crippen molar-refractivity contribution in [3.8, 4) is 0 Å². The second kappa shape index (κ2) is 4.63. The van der Waals surface area contributed by atoms with E-state index in [1.54, 1.807) is 0 Å². The van der Waals surface area contributed by atoms with E-state index >= 15 is 0 Å². The zero-order valence-electron chi connectivity index (χ0n) is 7.29. The van der Waals surface area contributed by atoms with Crippen LogP contribution in [0.5, 0.6) is 0 Å². The van der Waals surface area contributed by atoms with Gasteiger partial charge < -0.3 is 10.4 Å². The van der Waals surface area contributed by atoms with Gasteiger partial charge in [0.2, 0.25) is 5.95 Å². The van der Waals surface area contributed by atoms with Crippen LogP contribution in [0.4, 0.5) is 19.1 Å². The van der Waals surface area contributed by atoms with Gasteiger partial charge in [0.05, 0.1) is 24.0 Å². The second-order valence-corrected chi connectivity index (χ2v) is 3.10. The SMILES string of the molecule is OC(CNc1ncc(Cl)cn1)C(F)(F)F. The third-order valence-electron chi connectivity index (χ3n) is 1.45. The maximum absolute atomic E-state index is 11.9. The molecule has 1 rings (SSSR count). The molecule has 0 radical (unpaired) electrons. The Labute approximate surface area is 88.1 Å². The van der Waals surface area contributed by atoms with Gasteiger partial charge >= 0.3 is 6.18 Å². The highest BCUT2D eigenvalue weighted by Crippen LogP contribution is 2.19. The average molecular weight is 242 g/mol. The van der Waals surface area contributed by atoms with Crippen LogP contribution in [0.15, 0.2) is 12.4 Å². The lowest BCUT2D eigenvalue weighted by atomic mass is 10.3.